The van der Waals surface area contributed by atoms with Crippen molar-refractivity contribution in [1.29, 1.82) is 0 Å². The van der Waals surface area contributed by atoms with Crippen molar-refractivity contribution >= 4 is 23.1 Å². The highest BCUT2D eigenvalue weighted by atomic mass is 32.1. The molecule has 29 heavy (non-hydrogen) atoms. The molecule has 1 aromatic carbocycles. The molecule has 0 saturated carbocycles. The molecule has 2 unspecified atom stereocenters. The number of hydrogen-bond acceptors (Lipinski definition) is 7. The third-order valence-electron chi connectivity index (χ3n) is 5.54. The molecule has 5 rings (SSSR count). The molecular weight excluding hydrogens is 388 g/mol. The van der Waals surface area contributed by atoms with Crippen molar-refractivity contribution in [3.8, 4) is 11.5 Å². The van der Waals surface area contributed by atoms with Crippen molar-refractivity contribution in [3.63, 3.8) is 0 Å². The molecule has 0 saturated heterocycles. The van der Waals surface area contributed by atoms with E-state index in [9.17, 15) is 4.79 Å². The number of fused-ring (bicyclic) bond motifs is 1. The summed E-state index contributed by atoms with van der Waals surface area (Å²) in [6.07, 6.45) is 2.74. The second kappa shape index (κ2) is 7.04. The normalized spacial score (nSPS) is 20.7. The smallest absolute Gasteiger partial charge is 0.226 e. The first-order valence-electron chi connectivity index (χ1n) is 9.38. The largest absolute Gasteiger partial charge is 0.493 e. The molecule has 2 aliphatic rings. The van der Waals surface area contributed by atoms with E-state index >= 15 is 0 Å². The Morgan fingerprint density at radius 2 is 2.07 bits per heavy atom. The number of nitrogens with one attached hydrogen (secondary N) is 1. The number of Topliss-reactive ketones (excluding diaryl/α,β-unsaturated/α-hetero) is 1. The molecule has 1 aliphatic heterocycles. The average molecular weight is 408 g/mol. The molecule has 0 radical (unpaired) electrons. The highest BCUT2D eigenvalue weighted by Crippen LogP contribution is 2.47. The third kappa shape index (κ3) is 2.82. The minimum atomic E-state index is -0.411. The number of carbonyl (C=O) groups is 1. The van der Waals surface area contributed by atoms with Crippen LogP contribution in [-0.2, 0) is 4.79 Å². The zero-order valence-electron chi connectivity index (χ0n) is 16.1. The van der Waals surface area contributed by atoms with E-state index in [1.54, 1.807) is 30.2 Å². The van der Waals surface area contributed by atoms with Gasteiger partial charge in [0, 0.05) is 34.0 Å². The monoisotopic (exact) mass is 408 g/mol. The Labute approximate surface area is 172 Å². The molecule has 148 valence electrons. The van der Waals surface area contributed by atoms with Crippen LogP contribution in [-0.4, -0.2) is 34.8 Å². The van der Waals surface area contributed by atoms with Gasteiger partial charge in [0.15, 0.2) is 17.3 Å². The van der Waals surface area contributed by atoms with Gasteiger partial charge in [-0.3, -0.25) is 4.79 Å². The van der Waals surface area contributed by atoms with Crippen LogP contribution in [0.5, 0.6) is 11.5 Å². The summed E-state index contributed by atoms with van der Waals surface area (Å²) in [6.45, 7) is 0. The highest BCUT2D eigenvalue weighted by Gasteiger charge is 2.40. The van der Waals surface area contributed by atoms with Gasteiger partial charge in [0.2, 0.25) is 5.95 Å². The van der Waals surface area contributed by atoms with E-state index in [4.69, 9.17) is 9.47 Å². The highest BCUT2D eigenvalue weighted by molar-refractivity contribution is 7.10. The number of allylic oxidation sites excluding steroid dienone is 2. The predicted molar refractivity (Wildman–Crippen MR) is 110 cm³/mol. The molecule has 0 amide bonds. The minimum absolute atomic E-state index is 0.119. The number of aromatic nitrogens is 3. The lowest BCUT2D eigenvalue weighted by Crippen LogP contribution is -2.33. The summed E-state index contributed by atoms with van der Waals surface area (Å²) in [7, 11) is 3.21. The summed E-state index contributed by atoms with van der Waals surface area (Å²) in [6, 6.07) is 9.41. The molecule has 0 spiro atoms. The summed E-state index contributed by atoms with van der Waals surface area (Å²) in [5, 5.41) is 9.80. The fourth-order valence-electron chi connectivity index (χ4n) is 4.29. The Hall–Kier alpha value is -3.13. The Morgan fingerprint density at radius 3 is 2.83 bits per heavy atom. The summed E-state index contributed by atoms with van der Waals surface area (Å²) in [5.41, 5.74) is 2.47. The van der Waals surface area contributed by atoms with E-state index in [-0.39, 0.29) is 11.7 Å². The van der Waals surface area contributed by atoms with Crippen LogP contribution in [0.2, 0.25) is 0 Å². The van der Waals surface area contributed by atoms with Gasteiger partial charge in [-0.25, -0.2) is 4.68 Å². The number of carbonyl (C=O) groups excluding carboxylic acids is 1. The number of para-hydroxylation sites is 1. The van der Waals surface area contributed by atoms with Crippen molar-refractivity contribution in [1.82, 2.24) is 14.8 Å². The summed E-state index contributed by atoms with van der Waals surface area (Å²) < 4.78 is 12.9. The van der Waals surface area contributed by atoms with E-state index in [1.807, 2.05) is 24.3 Å². The van der Waals surface area contributed by atoms with Gasteiger partial charge in [0.05, 0.1) is 14.2 Å². The van der Waals surface area contributed by atoms with Gasteiger partial charge < -0.3 is 14.8 Å². The van der Waals surface area contributed by atoms with Gasteiger partial charge in [0.1, 0.15) is 12.4 Å². The number of methoxy groups -OCH3 is 2. The van der Waals surface area contributed by atoms with Crippen molar-refractivity contribution in [2.24, 2.45) is 0 Å². The number of nitrogens with zero attached hydrogens (tertiary/aromatic N) is 3. The van der Waals surface area contributed by atoms with Crippen LogP contribution >= 0.6 is 11.3 Å². The Bertz CT molecular complexity index is 1100. The van der Waals surface area contributed by atoms with Crippen LogP contribution in [0.15, 0.2) is 53.3 Å². The Morgan fingerprint density at radius 1 is 1.17 bits per heavy atom. The van der Waals surface area contributed by atoms with Crippen LogP contribution in [0.3, 0.4) is 0 Å². The number of anilines is 1. The molecule has 0 fully saturated rings. The quantitative estimate of drug-likeness (QED) is 0.708. The van der Waals surface area contributed by atoms with Crippen LogP contribution in [0.25, 0.3) is 0 Å². The van der Waals surface area contributed by atoms with Crippen molar-refractivity contribution in [3.05, 3.63) is 63.7 Å². The summed E-state index contributed by atoms with van der Waals surface area (Å²) >= 11 is 1.69. The third-order valence-corrected chi connectivity index (χ3v) is 6.57. The number of hydrogen-bond donors (Lipinski definition) is 1. The first-order chi connectivity index (χ1) is 14.2. The molecule has 3 heterocycles. The summed E-state index contributed by atoms with van der Waals surface area (Å²) in [5.74, 6) is 2.14. The van der Waals surface area contributed by atoms with Gasteiger partial charge in [-0.1, -0.05) is 18.2 Å². The molecule has 7 nitrogen and oxygen atoms in total. The van der Waals surface area contributed by atoms with Crippen LogP contribution in [0.4, 0.5) is 5.95 Å². The van der Waals surface area contributed by atoms with E-state index in [2.05, 4.69) is 26.8 Å². The predicted octanol–water partition coefficient (Wildman–Crippen LogP) is 3.77. The Kier molecular flexibility index (Phi) is 4.35. The van der Waals surface area contributed by atoms with E-state index in [1.165, 1.54) is 11.2 Å². The minimum Gasteiger partial charge on any atom is -0.493 e. The maximum atomic E-state index is 13.4. The van der Waals surface area contributed by atoms with Crippen LogP contribution < -0.4 is 14.8 Å². The zero-order chi connectivity index (χ0) is 20.0. The van der Waals surface area contributed by atoms with E-state index in [0.717, 1.165) is 23.3 Å². The Balaban J connectivity index is 1.66. The maximum absolute atomic E-state index is 13.4. The van der Waals surface area contributed by atoms with Gasteiger partial charge in [0.25, 0.3) is 0 Å². The molecule has 0 bridgehead atoms. The van der Waals surface area contributed by atoms with Crippen LogP contribution in [0.1, 0.15) is 35.2 Å². The molecular formula is C21H20N4O3S. The van der Waals surface area contributed by atoms with Crippen molar-refractivity contribution in [2.75, 3.05) is 19.5 Å². The maximum Gasteiger partial charge on any atom is 0.226 e. The lowest BCUT2D eigenvalue weighted by atomic mass is 9.80. The second-order valence-corrected chi connectivity index (χ2v) is 8.05. The molecule has 2 atom stereocenters. The van der Waals surface area contributed by atoms with Gasteiger partial charge in [-0.2, -0.15) is 10.1 Å². The first-order valence-corrected chi connectivity index (χ1v) is 10.3. The molecule has 8 heteroatoms. The number of ketones is 1. The van der Waals surface area contributed by atoms with E-state index in [0.29, 0.717) is 23.9 Å². The van der Waals surface area contributed by atoms with Gasteiger partial charge in [-0.15, -0.1) is 11.3 Å². The topological polar surface area (TPSA) is 78.3 Å². The number of benzene rings is 1. The van der Waals surface area contributed by atoms with E-state index < -0.39 is 6.04 Å². The number of thiophene rings is 1. The molecule has 1 aliphatic carbocycles. The number of rotatable bonds is 4. The van der Waals surface area contributed by atoms with Gasteiger partial charge in [-0.05, 0) is 23.9 Å². The fraction of sp³-hybridized carbons (Fsp3) is 0.286. The fourth-order valence-corrected chi connectivity index (χ4v) is 5.12. The van der Waals surface area contributed by atoms with Gasteiger partial charge >= 0.3 is 0 Å². The SMILES string of the molecule is COc1cccc(C2C3=C(CC(c4cccs4)CC3=O)Nc3ncnn32)c1OC. The number of ether oxygens (including phenoxy) is 2. The molecule has 3 aromatic rings. The van der Waals surface area contributed by atoms with Crippen molar-refractivity contribution < 1.29 is 14.3 Å². The van der Waals surface area contributed by atoms with Crippen LogP contribution in [0, 0.1) is 0 Å². The first kappa shape index (κ1) is 17.9. The zero-order valence-corrected chi connectivity index (χ0v) is 16.9. The van der Waals surface area contributed by atoms with Crippen molar-refractivity contribution in [2.45, 2.75) is 24.8 Å². The lowest BCUT2D eigenvalue weighted by molar-refractivity contribution is -0.116. The standard InChI is InChI=1S/C21H20N4O3S/c1-27-16-6-3-5-13(20(16)28-2)19-18-14(24-21-22-11-23-25(19)21)9-12(10-15(18)26)17-7-4-8-29-17/h3-8,11-12,19H,9-10H2,1-2H3,(H,22,23,24). The average Bonchev–Trinajstić information content (AvgIpc) is 3.43. The summed E-state index contributed by atoms with van der Waals surface area (Å²) in [4.78, 5) is 19.0. The molecule has 1 N–H and O–H groups in total. The second-order valence-electron chi connectivity index (χ2n) is 7.07. The molecule has 2 aromatic heterocycles. The lowest BCUT2D eigenvalue weighted by Gasteiger charge is -2.35.